The number of nitrogens with zero attached hydrogens (tertiary/aromatic N) is 4. The van der Waals surface area contributed by atoms with Gasteiger partial charge in [-0.3, -0.25) is 4.79 Å². The van der Waals surface area contributed by atoms with E-state index in [9.17, 15) is 14.4 Å². The maximum absolute atomic E-state index is 12.5. The van der Waals surface area contributed by atoms with E-state index in [1.807, 2.05) is 9.80 Å². The van der Waals surface area contributed by atoms with Crippen LogP contribution >= 0.6 is 0 Å². The van der Waals surface area contributed by atoms with E-state index in [2.05, 4.69) is 9.97 Å². The molecule has 1 aromatic carbocycles. The van der Waals surface area contributed by atoms with Crippen LogP contribution in [0.25, 0.3) is 10.9 Å². The number of methoxy groups -OCH3 is 2. The van der Waals surface area contributed by atoms with Gasteiger partial charge in [-0.25, -0.2) is 14.6 Å². The predicted molar refractivity (Wildman–Crippen MR) is 132 cm³/mol. The van der Waals surface area contributed by atoms with E-state index in [0.29, 0.717) is 67.0 Å². The molecule has 208 valence electrons. The number of aromatic nitrogens is 2. The van der Waals surface area contributed by atoms with E-state index in [4.69, 9.17) is 40.4 Å². The van der Waals surface area contributed by atoms with Crippen LogP contribution < -0.4 is 20.1 Å². The van der Waals surface area contributed by atoms with Gasteiger partial charge in [0.25, 0.3) is 5.91 Å². The lowest BCUT2D eigenvalue weighted by Gasteiger charge is -2.35. The highest BCUT2D eigenvalue weighted by Gasteiger charge is 2.31. The molecule has 15 nitrogen and oxygen atoms in total. The van der Waals surface area contributed by atoms with Gasteiger partial charge in [0.2, 0.25) is 5.95 Å². The zero-order valence-electron chi connectivity index (χ0n) is 20.9. The van der Waals surface area contributed by atoms with Gasteiger partial charge in [0.05, 0.1) is 19.7 Å². The van der Waals surface area contributed by atoms with Crippen LogP contribution in [0.1, 0.15) is 12.8 Å². The van der Waals surface area contributed by atoms with Gasteiger partial charge in [0.15, 0.2) is 23.7 Å². The van der Waals surface area contributed by atoms with Crippen LogP contribution in [0.15, 0.2) is 12.1 Å². The predicted octanol–water partition coefficient (Wildman–Crippen LogP) is -1.07. The number of anilines is 2. The van der Waals surface area contributed by atoms with Crippen molar-refractivity contribution in [3.63, 3.8) is 0 Å². The Morgan fingerprint density at radius 3 is 2.08 bits per heavy atom. The topological polar surface area (TPSA) is 218 Å². The molecule has 1 amide bonds. The molecule has 1 aromatic heterocycles. The fourth-order valence-corrected chi connectivity index (χ4v) is 3.98. The number of fused-ring (bicyclic) bond motifs is 1. The highest BCUT2D eigenvalue weighted by Crippen LogP contribution is 2.34. The minimum Gasteiger partial charge on any atom is -0.493 e. The number of benzene rings is 1. The van der Waals surface area contributed by atoms with Crippen molar-refractivity contribution in [2.45, 2.75) is 31.2 Å². The van der Waals surface area contributed by atoms with Crippen LogP contribution in [0, 0.1) is 0 Å². The number of piperazine rings is 1. The number of hydrogen-bond donors (Lipinski definition) is 5. The summed E-state index contributed by atoms with van der Waals surface area (Å²) in [6.07, 6.45) is -3.04. The molecule has 2 fully saturated rings. The van der Waals surface area contributed by atoms with Gasteiger partial charge in [0.1, 0.15) is 11.9 Å². The maximum atomic E-state index is 12.5. The lowest BCUT2D eigenvalue weighted by atomic mass is 10.2. The summed E-state index contributed by atoms with van der Waals surface area (Å²) >= 11 is 0. The summed E-state index contributed by atoms with van der Waals surface area (Å²) in [5, 5.41) is 33.2. The van der Waals surface area contributed by atoms with Gasteiger partial charge < -0.3 is 50.2 Å². The molecular weight excluding hydrogens is 506 g/mol. The molecule has 0 saturated carbocycles. The van der Waals surface area contributed by atoms with E-state index >= 15 is 0 Å². The average molecular weight is 538 g/mol. The summed E-state index contributed by atoms with van der Waals surface area (Å²) in [6.45, 7) is 3.21. The molecule has 38 heavy (non-hydrogen) atoms. The molecule has 0 bridgehead atoms. The standard InChI is InChI=1S/C19H25N5O4.C4H6O6/c1-26-15-10-12-13(11-16(15)27-2)21-19(22-17(12)20)24-7-5-23(6-8-24)18(25)14-4-3-9-28-14;5-1(3(7)8)2(6)4(9)10/h10-11,14H,3-9H2,1-2H3,(H2,20,21,22);1-2,5-6H,(H,7,8)(H,9,10). The minimum atomic E-state index is -2.27. The monoisotopic (exact) mass is 537 g/mol. The van der Waals surface area contributed by atoms with Crippen LogP contribution in [0.5, 0.6) is 11.5 Å². The van der Waals surface area contributed by atoms with E-state index in [1.165, 1.54) is 0 Å². The van der Waals surface area contributed by atoms with Crippen LogP contribution in [0.4, 0.5) is 11.8 Å². The van der Waals surface area contributed by atoms with Gasteiger partial charge in [-0.1, -0.05) is 0 Å². The Kier molecular flexibility index (Phi) is 9.44. The number of hydrogen-bond acceptors (Lipinski definition) is 12. The summed E-state index contributed by atoms with van der Waals surface area (Å²) < 4.78 is 16.2. The molecule has 2 aliphatic rings. The first-order valence-electron chi connectivity index (χ1n) is 11.7. The summed E-state index contributed by atoms with van der Waals surface area (Å²) in [5.74, 6) is -1.33. The van der Waals surface area contributed by atoms with Gasteiger partial charge in [-0.2, -0.15) is 4.98 Å². The molecule has 2 saturated heterocycles. The first-order valence-corrected chi connectivity index (χ1v) is 11.7. The number of ether oxygens (including phenoxy) is 3. The molecule has 2 aliphatic heterocycles. The molecule has 3 atom stereocenters. The second kappa shape index (κ2) is 12.5. The van der Waals surface area contributed by atoms with Gasteiger partial charge in [0, 0.05) is 44.2 Å². The summed E-state index contributed by atoms with van der Waals surface area (Å²) in [7, 11) is 3.16. The largest absolute Gasteiger partial charge is 0.493 e. The van der Waals surface area contributed by atoms with E-state index in [1.54, 1.807) is 26.4 Å². The van der Waals surface area contributed by atoms with E-state index in [-0.39, 0.29) is 12.0 Å². The van der Waals surface area contributed by atoms with Crippen LogP contribution in [0.2, 0.25) is 0 Å². The molecule has 0 radical (unpaired) electrons. The summed E-state index contributed by atoms with van der Waals surface area (Å²) in [6, 6.07) is 3.58. The molecule has 0 aliphatic carbocycles. The van der Waals surface area contributed by atoms with Crippen molar-refractivity contribution in [2.75, 3.05) is 57.6 Å². The number of nitrogens with two attached hydrogens (primary N) is 1. The number of carboxylic acids is 2. The summed E-state index contributed by atoms with van der Waals surface area (Å²) in [4.78, 5) is 45.1. The van der Waals surface area contributed by atoms with Crippen molar-refractivity contribution in [1.82, 2.24) is 14.9 Å². The number of rotatable bonds is 7. The third-order valence-corrected chi connectivity index (χ3v) is 6.10. The molecular formula is C23H31N5O10. The Bertz CT molecular complexity index is 1150. The number of amides is 1. The zero-order chi connectivity index (χ0) is 28.0. The molecule has 15 heteroatoms. The molecule has 4 rings (SSSR count). The number of aliphatic hydroxyl groups excluding tert-OH is 2. The number of carbonyl (C=O) groups excluding carboxylic acids is 1. The number of carbonyl (C=O) groups is 3. The lowest BCUT2D eigenvalue weighted by Crippen LogP contribution is -2.51. The summed E-state index contributed by atoms with van der Waals surface area (Å²) in [5.41, 5.74) is 6.87. The van der Waals surface area contributed by atoms with Crippen LogP contribution in [-0.2, 0) is 19.1 Å². The maximum Gasteiger partial charge on any atom is 0.335 e. The smallest absolute Gasteiger partial charge is 0.335 e. The Morgan fingerprint density at radius 1 is 1.00 bits per heavy atom. The Morgan fingerprint density at radius 2 is 1.58 bits per heavy atom. The second-order valence-corrected chi connectivity index (χ2v) is 8.51. The van der Waals surface area contributed by atoms with Crippen molar-refractivity contribution in [2.24, 2.45) is 0 Å². The zero-order valence-corrected chi connectivity index (χ0v) is 20.9. The molecule has 0 spiro atoms. The Labute approximate surface area is 217 Å². The number of aliphatic hydroxyl groups is 2. The third kappa shape index (κ3) is 6.48. The average Bonchev–Trinajstić information content (AvgIpc) is 3.46. The van der Waals surface area contributed by atoms with Crippen molar-refractivity contribution in [1.29, 1.82) is 0 Å². The van der Waals surface area contributed by atoms with E-state index < -0.39 is 24.1 Å². The fourth-order valence-electron chi connectivity index (χ4n) is 3.98. The quantitative estimate of drug-likeness (QED) is 0.284. The molecule has 3 heterocycles. The molecule has 2 aromatic rings. The molecule has 3 unspecified atom stereocenters. The first-order chi connectivity index (χ1) is 18.1. The highest BCUT2D eigenvalue weighted by atomic mass is 16.5. The Hall–Kier alpha value is -3.95. The molecule has 6 N–H and O–H groups in total. The number of carboxylic acid groups (broad SMARTS) is 2. The third-order valence-electron chi connectivity index (χ3n) is 6.10. The van der Waals surface area contributed by atoms with Gasteiger partial charge in [-0.05, 0) is 18.9 Å². The number of nitrogen functional groups attached to an aromatic ring is 1. The Balaban J connectivity index is 0.000000342. The normalized spacial score (nSPS) is 18.8. The fraction of sp³-hybridized carbons (Fsp3) is 0.522. The van der Waals surface area contributed by atoms with Crippen molar-refractivity contribution in [3.8, 4) is 11.5 Å². The van der Waals surface area contributed by atoms with Crippen LogP contribution in [0.3, 0.4) is 0 Å². The van der Waals surface area contributed by atoms with Gasteiger partial charge >= 0.3 is 11.9 Å². The minimum absolute atomic E-state index is 0.0907. The lowest BCUT2D eigenvalue weighted by molar-refractivity contribution is -0.165. The van der Waals surface area contributed by atoms with Crippen LogP contribution in [-0.4, -0.2) is 118 Å². The van der Waals surface area contributed by atoms with E-state index in [0.717, 1.165) is 12.8 Å². The second-order valence-electron chi connectivity index (χ2n) is 8.51. The first kappa shape index (κ1) is 28.6. The van der Waals surface area contributed by atoms with Crippen molar-refractivity contribution < 1.29 is 49.0 Å². The highest BCUT2D eigenvalue weighted by molar-refractivity contribution is 5.92. The van der Waals surface area contributed by atoms with Crippen molar-refractivity contribution in [3.05, 3.63) is 12.1 Å². The number of aliphatic carboxylic acids is 2. The van der Waals surface area contributed by atoms with Gasteiger partial charge in [-0.15, -0.1) is 0 Å². The van der Waals surface area contributed by atoms with Crippen molar-refractivity contribution >= 4 is 40.5 Å². The SMILES string of the molecule is COc1cc2nc(N3CCN(C(=O)C4CCCO4)CC3)nc(N)c2cc1OC.O=C(O)C(O)C(O)C(=O)O.